The molecule has 2 rings (SSSR count). The molecule has 2 nitrogen and oxygen atoms in total. The summed E-state index contributed by atoms with van der Waals surface area (Å²) in [5.41, 5.74) is 3.30. The first-order valence-corrected chi connectivity index (χ1v) is 5.41. The van der Waals surface area contributed by atoms with Gasteiger partial charge in [-0.05, 0) is 24.6 Å². The molecule has 0 heterocycles. The van der Waals surface area contributed by atoms with Gasteiger partial charge in [0.1, 0.15) is 6.07 Å². The Labute approximate surface area is 101 Å². The van der Waals surface area contributed by atoms with Crippen LogP contribution in [-0.4, -0.2) is 5.71 Å². The summed E-state index contributed by atoms with van der Waals surface area (Å²) >= 11 is 0. The van der Waals surface area contributed by atoms with Crippen molar-refractivity contribution in [3.8, 4) is 6.07 Å². The van der Waals surface area contributed by atoms with E-state index in [4.69, 9.17) is 5.26 Å². The second kappa shape index (κ2) is 5.09. The molecule has 0 spiro atoms. The van der Waals surface area contributed by atoms with E-state index in [1.807, 2.05) is 55.5 Å². The van der Waals surface area contributed by atoms with Crippen molar-refractivity contribution >= 4 is 11.4 Å². The minimum atomic E-state index is 0.600. The first-order valence-electron chi connectivity index (χ1n) is 5.41. The zero-order valence-corrected chi connectivity index (χ0v) is 9.59. The molecule has 0 radical (unpaired) electrons. The normalized spacial score (nSPS) is 10.9. The van der Waals surface area contributed by atoms with Crippen LogP contribution in [0.1, 0.15) is 18.1 Å². The van der Waals surface area contributed by atoms with E-state index in [1.54, 1.807) is 6.07 Å². The lowest BCUT2D eigenvalue weighted by molar-refractivity contribution is 1.42. The molecule has 0 aliphatic rings. The zero-order chi connectivity index (χ0) is 12.1. The molecule has 0 atom stereocenters. The summed E-state index contributed by atoms with van der Waals surface area (Å²) in [5, 5.41) is 8.98. The minimum Gasteiger partial charge on any atom is -0.252 e. The van der Waals surface area contributed by atoms with Crippen molar-refractivity contribution in [3.05, 3.63) is 65.7 Å². The van der Waals surface area contributed by atoms with Gasteiger partial charge >= 0.3 is 0 Å². The highest BCUT2D eigenvalue weighted by atomic mass is 14.7. The van der Waals surface area contributed by atoms with Crippen molar-refractivity contribution in [3.63, 3.8) is 0 Å². The topological polar surface area (TPSA) is 36.1 Å². The Morgan fingerprint density at radius 3 is 2.35 bits per heavy atom. The van der Waals surface area contributed by atoms with Gasteiger partial charge in [0.15, 0.2) is 0 Å². The van der Waals surface area contributed by atoms with E-state index in [0.717, 1.165) is 17.0 Å². The lowest BCUT2D eigenvalue weighted by atomic mass is 10.1. The Kier molecular flexibility index (Phi) is 3.32. The van der Waals surface area contributed by atoms with Crippen molar-refractivity contribution in [1.29, 1.82) is 5.26 Å². The number of para-hydroxylation sites is 1. The molecule has 0 bridgehead atoms. The Balaban J connectivity index is 2.41. The van der Waals surface area contributed by atoms with Crippen LogP contribution >= 0.6 is 0 Å². The standard InChI is InChI=1S/C15H12N2/c1-12(13-7-3-2-4-8-13)17-15-10-6-5-9-14(15)11-16/h2-10H,1H3. The van der Waals surface area contributed by atoms with E-state index in [9.17, 15) is 0 Å². The maximum absolute atomic E-state index is 8.98. The molecule has 0 aliphatic carbocycles. The first kappa shape index (κ1) is 11.1. The van der Waals surface area contributed by atoms with Gasteiger partial charge in [0.05, 0.1) is 11.3 Å². The van der Waals surface area contributed by atoms with Crippen LogP contribution < -0.4 is 0 Å². The van der Waals surface area contributed by atoms with E-state index in [1.165, 1.54) is 0 Å². The van der Waals surface area contributed by atoms with Crippen LogP contribution in [0.4, 0.5) is 5.69 Å². The van der Waals surface area contributed by atoms with Crippen molar-refractivity contribution in [2.45, 2.75) is 6.92 Å². The molecule has 0 fully saturated rings. The predicted molar refractivity (Wildman–Crippen MR) is 69.5 cm³/mol. The van der Waals surface area contributed by atoms with Gasteiger partial charge in [-0.25, -0.2) is 0 Å². The molecule has 0 saturated carbocycles. The maximum atomic E-state index is 8.98. The molecular weight excluding hydrogens is 208 g/mol. The van der Waals surface area contributed by atoms with Gasteiger partial charge < -0.3 is 0 Å². The molecule has 0 aromatic heterocycles. The van der Waals surface area contributed by atoms with Crippen LogP contribution in [0.3, 0.4) is 0 Å². The third kappa shape index (κ3) is 2.59. The summed E-state index contributed by atoms with van der Waals surface area (Å²) in [4.78, 5) is 4.49. The number of nitrogens with zero attached hydrogens (tertiary/aromatic N) is 2. The first-order chi connectivity index (χ1) is 8.31. The molecule has 82 valence electrons. The number of hydrogen-bond donors (Lipinski definition) is 0. The number of nitriles is 1. The predicted octanol–water partition coefficient (Wildman–Crippen LogP) is 3.70. The molecule has 2 aromatic rings. The van der Waals surface area contributed by atoms with Gasteiger partial charge in [-0.2, -0.15) is 5.26 Å². The number of hydrogen-bond acceptors (Lipinski definition) is 2. The molecule has 0 saturated heterocycles. The Hall–Kier alpha value is -2.40. The lowest BCUT2D eigenvalue weighted by Gasteiger charge is -2.02. The van der Waals surface area contributed by atoms with Crippen LogP contribution in [0.5, 0.6) is 0 Å². The average molecular weight is 220 g/mol. The van der Waals surface area contributed by atoms with Crippen LogP contribution in [0, 0.1) is 11.3 Å². The van der Waals surface area contributed by atoms with Crippen molar-refractivity contribution in [2.24, 2.45) is 4.99 Å². The van der Waals surface area contributed by atoms with Crippen LogP contribution in [0.2, 0.25) is 0 Å². The second-order valence-corrected chi connectivity index (χ2v) is 3.69. The van der Waals surface area contributed by atoms with E-state index < -0.39 is 0 Å². The van der Waals surface area contributed by atoms with E-state index in [-0.39, 0.29) is 0 Å². The minimum absolute atomic E-state index is 0.600. The van der Waals surface area contributed by atoms with Gasteiger partial charge in [-0.1, -0.05) is 42.5 Å². The highest BCUT2D eigenvalue weighted by Gasteiger charge is 2.00. The maximum Gasteiger partial charge on any atom is 0.101 e. The third-order valence-electron chi connectivity index (χ3n) is 2.50. The fourth-order valence-electron chi connectivity index (χ4n) is 1.59. The smallest absolute Gasteiger partial charge is 0.101 e. The fraction of sp³-hybridized carbons (Fsp3) is 0.0667. The molecule has 2 aromatic carbocycles. The van der Waals surface area contributed by atoms with Gasteiger partial charge in [0.25, 0.3) is 0 Å². The Morgan fingerprint density at radius 2 is 1.65 bits per heavy atom. The third-order valence-corrected chi connectivity index (χ3v) is 2.50. The van der Waals surface area contributed by atoms with Gasteiger partial charge in [0, 0.05) is 5.71 Å². The van der Waals surface area contributed by atoms with E-state index in [0.29, 0.717) is 5.56 Å². The summed E-state index contributed by atoms with van der Waals surface area (Å²) in [6.07, 6.45) is 0. The van der Waals surface area contributed by atoms with Gasteiger partial charge in [-0.15, -0.1) is 0 Å². The fourth-order valence-corrected chi connectivity index (χ4v) is 1.59. The largest absolute Gasteiger partial charge is 0.252 e. The van der Waals surface area contributed by atoms with Crippen molar-refractivity contribution in [1.82, 2.24) is 0 Å². The SMILES string of the molecule is CC(=Nc1ccccc1C#N)c1ccccc1. The van der Waals surface area contributed by atoms with Crippen molar-refractivity contribution in [2.75, 3.05) is 0 Å². The summed E-state index contributed by atoms with van der Waals surface area (Å²) in [7, 11) is 0. The lowest BCUT2D eigenvalue weighted by Crippen LogP contribution is -1.93. The molecule has 0 amide bonds. The van der Waals surface area contributed by atoms with E-state index in [2.05, 4.69) is 11.1 Å². The molecular formula is C15H12N2. The molecule has 0 N–H and O–H groups in total. The highest BCUT2D eigenvalue weighted by Crippen LogP contribution is 2.18. The summed E-state index contributed by atoms with van der Waals surface area (Å²) in [6.45, 7) is 1.95. The average Bonchev–Trinajstić information content (AvgIpc) is 2.40. The van der Waals surface area contributed by atoms with Gasteiger partial charge in [0.2, 0.25) is 0 Å². The van der Waals surface area contributed by atoms with Crippen LogP contribution in [0.15, 0.2) is 59.6 Å². The highest BCUT2D eigenvalue weighted by molar-refractivity contribution is 6.00. The second-order valence-electron chi connectivity index (χ2n) is 3.69. The van der Waals surface area contributed by atoms with E-state index >= 15 is 0 Å². The number of aliphatic imine (C=N–C) groups is 1. The quantitative estimate of drug-likeness (QED) is 0.711. The van der Waals surface area contributed by atoms with Crippen molar-refractivity contribution < 1.29 is 0 Å². The number of benzene rings is 2. The summed E-state index contributed by atoms with van der Waals surface area (Å²) in [6, 6.07) is 19.4. The summed E-state index contributed by atoms with van der Waals surface area (Å²) < 4.78 is 0. The number of rotatable bonds is 2. The summed E-state index contributed by atoms with van der Waals surface area (Å²) in [5.74, 6) is 0. The molecule has 0 unspecified atom stereocenters. The zero-order valence-electron chi connectivity index (χ0n) is 9.59. The molecule has 17 heavy (non-hydrogen) atoms. The Morgan fingerprint density at radius 1 is 1.00 bits per heavy atom. The van der Waals surface area contributed by atoms with Crippen LogP contribution in [-0.2, 0) is 0 Å². The molecule has 2 heteroatoms. The Bertz CT molecular complexity index is 577. The van der Waals surface area contributed by atoms with Crippen LogP contribution in [0.25, 0.3) is 0 Å². The van der Waals surface area contributed by atoms with Gasteiger partial charge in [-0.3, -0.25) is 4.99 Å². The monoisotopic (exact) mass is 220 g/mol. The molecule has 0 aliphatic heterocycles.